The van der Waals surface area contributed by atoms with Gasteiger partial charge in [-0.15, -0.1) is 0 Å². The Morgan fingerprint density at radius 3 is 2.70 bits per heavy atom. The summed E-state index contributed by atoms with van der Waals surface area (Å²) in [5.41, 5.74) is 0.947. The van der Waals surface area contributed by atoms with Gasteiger partial charge >= 0.3 is 0 Å². The van der Waals surface area contributed by atoms with E-state index in [0.717, 1.165) is 5.56 Å². The molecule has 1 saturated heterocycles. The van der Waals surface area contributed by atoms with Crippen molar-refractivity contribution in [2.75, 3.05) is 11.4 Å². The number of rotatable bonds is 3. The summed E-state index contributed by atoms with van der Waals surface area (Å²) >= 11 is 0. The number of nitrogens with zero attached hydrogens (tertiary/aromatic N) is 1. The first-order valence-corrected chi connectivity index (χ1v) is 6.75. The van der Waals surface area contributed by atoms with E-state index < -0.39 is 11.9 Å². The van der Waals surface area contributed by atoms with Crippen molar-refractivity contribution in [2.45, 2.75) is 33.2 Å². The number of anilines is 1. The molecule has 1 aromatic carbocycles. The Morgan fingerprint density at radius 2 is 2.10 bits per heavy atom. The molecular formula is C15H19FN2O2. The van der Waals surface area contributed by atoms with E-state index in [1.54, 1.807) is 19.1 Å². The lowest BCUT2D eigenvalue weighted by Gasteiger charge is -2.33. The molecular weight excluding hydrogens is 259 g/mol. The van der Waals surface area contributed by atoms with Gasteiger partial charge in [0.15, 0.2) is 0 Å². The molecule has 0 aliphatic carbocycles. The normalized spacial score (nSPS) is 19.4. The molecule has 1 N–H and O–H groups in total. The third kappa shape index (κ3) is 2.98. The number of carbonyl (C=O) groups is 2. The van der Waals surface area contributed by atoms with Crippen molar-refractivity contribution in [3.05, 3.63) is 29.6 Å². The van der Waals surface area contributed by atoms with Crippen molar-refractivity contribution in [2.24, 2.45) is 5.92 Å². The van der Waals surface area contributed by atoms with E-state index in [4.69, 9.17) is 0 Å². The Balaban J connectivity index is 2.30. The zero-order valence-corrected chi connectivity index (χ0v) is 11.9. The molecule has 1 aliphatic rings. The lowest BCUT2D eigenvalue weighted by Crippen LogP contribution is -2.58. The smallest absolute Gasteiger partial charge is 0.250 e. The van der Waals surface area contributed by atoms with Crippen LogP contribution in [0.5, 0.6) is 0 Å². The average molecular weight is 278 g/mol. The van der Waals surface area contributed by atoms with Crippen molar-refractivity contribution < 1.29 is 14.0 Å². The third-order valence-electron chi connectivity index (χ3n) is 3.30. The molecule has 5 heteroatoms. The molecule has 1 unspecified atom stereocenters. The lowest BCUT2D eigenvalue weighted by molar-refractivity contribution is -0.131. The van der Waals surface area contributed by atoms with Gasteiger partial charge in [-0.3, -0.25) is 14.5 Å². The minimum Gasteiger partial charge on any atom is -0.343 e. The van der Waals surface area contributed by atoms with Gasteiger partial charge in [0.1, 0.15) is 18.4 Å². The minimum atomic E-state index is -0.572. The lowest BCUT2D eigenvalue weighted by atomic mass is 10.0. The van der Waals surface area contributed by atoms with Gasteiger partial charge in [-0.1, -0.05) is 19.9 Å². The molecule has 0 radical (unpaired) electrons. The molecule has 2 rings (SSSR count). The van der Waals surface area contributed by atoms with E-state index in [2.05, 4.69) is 5.32 Å². The van der Waals surface area contributed by atoms with Crippen LogP contribution in [0, 0.1) is 18.7 Å². The van der Waals surface area contributed by atoms with Gasteiger partial charge in [0, 0.05) is 0 Å². The Hall–Kier alpha value is -1.91. The van der Waals surface area contributed by atoms with Crippen LogP contribution in [-0.4, -0.2) is 24.4 Å². The number of benzene rings is 1. The number of hydrogen-bond donors (Lipinski definition) is 1. The van der Waals surface area contributed by atoms with Crippen LogP contribution in [0.3, 0.4) is 0 Å². The molecule has 1 atom stereocenters. The molecule has 1 fully saturated rings. The number of aryl methyl sites for hydroxylation is 1. The second kappa shape index (κ2) is 5.61. The van der Waals surface area contributed by atoms with Crippen molar-refractivity contribution in [3.8, 4) is 0 Å². The number of piperazine rings is 1. The predicted molar refractivity (Wildman–Crippen MR) is 74.9 cm³/mol. The van der Waals surface area contributed by atoms with Gasteiger partial charge in [-0.05, 0) is 37.0 Å². The first kappa shape index (κ1) is 14.5. The van der Waals surface area contributed by atoms with Crippen LogP contribution < -0.4 is 10.2 Å². The maximum absolute atomic E-state index is 14.0. The van der Waals surface area contributed by atoms with Crippen LogP contribution in [0.15, 0.2) is 18.2 Å². The highest BCUT2D eigenvalue weighted by atomic mass is 19.1. The fraction of sp³-hybridized carbons (Fsp3) is 0.467. The van der Waals surface area contributed by atoms with Gasteiger partial charge in [-0.2, -0.15) is 0 Å². The summed E-state index contributed by atoms with van der Waals surface area (Å²) in [6, 6.07) is 4.08. The topological polar surface area (TPSA) is 49.4 Å². The zero-order chi connectivity index (χ0) is 14.9. The SMILES string of the molecule is Cc1ccc(N2CC(=O)NC(CC(C)C)C2=O)c(F)c1. The van der Waals surface area contributed by atoms with E-state index in [1.165, 1.54) is 11.0 Å². The monoisotopic (exact) mass is 278 g/mol. The van der Waals surface area contributed by atoms with Crippen molar-refractivity contribution in [1.82, 2.24) is 5.32 Å². The summed E-state index contributed by atoms with van der Waals surface area (Å²) in [6.45, 7) is 5.60. The van der Waals surface area contributed by atoms with Gasteiger partial charge < -0.3 is 5.32 Å². The van der Waals surface area contributed by atoms with Crippen LogP contribution in [0.4, 0.5) is 10.1 Å². The summed E-state index contributed by atoms with van der Waals surface area (Å²) in [7, 11) is 0. The molecule has 0 bridgehead atoms. The van der Waals surface area contributed by atoms with Crippen LogP contribution in [0.1, 0.15) is 25.8 Å². The Kier molecular flexibility index (Phi) is 4.06. The van der Waals surface area contributed by atoms with E-state index in [-0.39, 0.29) is 30.0 Å². The first-order valence-electron chi connectivity index (χ1n) is 6.75. The van der Waals surface area contributed by atoms with Gasteiger partial charge in [-0.25, -0.2) is 4.39 Å². The van der Waals surface area contributed by atoms with Gasteiger partial charge in [0.05, 0.1) is 5.69 Å². The number of amides is 2. The molecule has 2 amide bonds. The maximum atomic E-state index is 14.0. The van der Waals surface area contributed by atoms with Crippen LogP contribution in [0.2, 0.25) is 0 Å². The number of halogens is 1. The van der Waals surface area contributed by atoms with Crippen molar-refractivity contribution >= 4 is 17.5 Å². The molecule has 1 aromatic rings. The molecule has 20 heavy (non-hydrogen) atoms. The number of hydrogen-bond acceptors (Lipinski definition) is 2. The number of nitrogens with one attached hydrogen (secondary N) is 1. The van der Waals surface area contributed by atoms with Crippen LogP contribution in [0.25, 0.3) is 0 Å². The zero-order valence-electron chi connectivity index (χ0n) is 11.9. The summed E-state index contributed by atoms with van der Waals surface area (Å²) in [5.74, 6) is -0.709. The maximum Gasteiger partial charge on any atom is 0.250 e. The Labute approximate surface area is 118 Å². The minimum absolute atomic E-state index is 0.132. The number of carbonyl (C=O) groups excluding carboxylic acids is 2. The van der Waals surface area contributed by atoms with E-state index in [9.17, 15) is 14.0 Å². The first-order chi connectivity index (χ1) is 9.38. The van der Waals surface area contributed by atoms with Crippen LogP contribution >= 0.6 is 0 Å². The van der Waals surface area contributed by atoms with Gasteiger partial charge in [0.25, 0.3) is 0 Å². The van der Waals surface area contributed by atoms with E-state index >= 15 is 0 Å². The molecule has 108 valence electrons. The van der Waals surface area contributed by atoms with E-state index in [1.807, 2.05) is 13.8 Å². The summed E-state index contributed by atoms with van der Waals surface area (Å²) in [4.78, 5) is 25.4. The largest absolute Gasteiger partial charge is 0.343 e. The summed E-state index contributed by atoms with van der Waals surface area (Å²) in [6.07, 6.45) is 0.550. The molecule has 4 nitrogen and oxygen atoms in total. The molecule has 1 heterocycles. The molecule has 0 spiro atoms. The summed E-state index contributed by atoms with van der Waals surface area (Å²) in [5, 5.41) is 2.68. The second-order valence-corrected chi connectivity index (χ2v) is 5.63. The van der Waals surface area contributed by atoms with Crippen molar-refractivity contribution in [1.29, 1.82) is 0 Å². The van der Waals surface area contributed by atoms with Crippen LogP contribution in [-0.2, 0) is 9.59 Å². The van der Waals surface area contributed by atoms with Gasteiger partial charge in [0.2, 0.25) is 11.8 Å². The molecule has 0 saturated carbocycles. The quantitative estimate of drug-likeness (QED) is 0.919. The third-order valence-corrected chi connectivity index (χ3v) is 3.30. The Bertz CT molecular complexity index is 543. The fourth-order valence-electron chi connectivity index (χ4n) is 2.38. The average Bonchev–Trinajstić information content (AvgIpc) is 2.33. The fourth-order valence-corrected chi connectivity index (χ4v) is 2.38. The Morgan fingerprint density at radius 1 is 1.40 bits per heavy atom. The molecule has 0 aromatic heterocycles. The van der Waals surface area contributed by atoms with E-state index in [0.29, 0.717) is 6.42 Å². The standard InChI is InChI=1S/C15H19FN2O2/c1-9(2)6-12-15(20)18(8-14(19)17-12)13-5-4-10(3)7-11(13)16/h4-5,7,9,12H,6,8H2,1-3H3,(H,17,19). The predicted octanol–water partition coefficient (Wildman–Crippen LogP) is 2.01. The molecule has 1 aliphatic heterocycles. The highest BCUT2D eigenvalue weighted by Crippen LogP contribution is 2.23. The van der Waals surface area contributed by atoms with Crippen molar-refractivity contribution in [3.63, 3.8) is 0 Å². The highest BCUT2D eigenvalue weighted by molar-refractivity contribution is 6.06. The summed E-state index contributed by atoms with van der Waals surface area (Å²) < 4.78 is 14.0. The second-order valence-electron chi connectivity index (χ2n) is 5.63. The highest BCUT2D eigenvalue weighted by Gasteiger charge is 2.34.